The zero-order valence-corrected chi connectivity index (χ0v) is 15.1. The van der Waals surface area contributed by atoms with Crippen LogP contribution in [0.15, 0.2) is 24.3 Å². The Balaban J connectivity index is 1.76. The van der Waals surface area contributed by atoms with Crippen LogP contribution in [0.5, 0.6) is 0 Å². The van der Waals surface area contributed by atoms with Gasteiger partial charge in [0.05, 0.1) is 6.54 Å². The summed E-state index contributed by atoms with van der Waals surface area (Å²) in [4.78, 5) is 28.1. The summed E-state index contributed by atoms with van der Waals surface area (Å²) >= 11 is 0. The summed E-state index contributed by atoms with van der Waals surface area (Å²) in [6.07, 6.45) is 0. The zero-order valence-electron chi connectivity index (χ0n) is 15.1. The standard InChI is InChI=1S/C18H23N5O2/c1-12(2)13-5-7-14(8-6-13)17(24)22-9-10-23-15(11-22)19-20-16(23)18(25)21(3)4/h5-8,12H,9-11H2,1-4H3. The normalized spacial score (nSPS) is 13.7. The van der Waals surface area contributed by atoms with Crippen LogP contribution in [0.3, 0.4) is 0 Å². The molecular formula is C18H23N5O2. The van der Waals surface area contributed by atoms with Crippen LogP contribution < -0.4 is 0 Å². The molecule has 0 bridgehead atoms. The lowest BCUT2D eigenvalue weighted by Crippen LogP contribution is -2.39. The van der Waals surface area contributed by atoms with Gasteiger partial charge in [-0.2, -0.15) is 0 Å². The van der Waals surface area contributed by atoms with E-state index in [1.54, 1.807) is 23.6 Å². The van der Waals surface area contributed by atoms with Crippen molar-refractivity contribution in [3.8, 4) is 0 Å². The van der Waals surface area contributed by atoms with Gasteiger partial charge in [0.15, 0.2) is 5.82 Å². The molecule has 3 rings (SSSR count). The molecule has 2 heterocycles. The fraction of sp³-hybridized carbons (Fsp3) is 0.444. The molecule has 0 N–H and O–H groups in total. The summed E-state index contributed by atoms with van der Waals surface area (Å²) in [7, 11) is 3.37. The fourth-order valence-electron chi connectivity index (χ4n) is 2.88. The van der Waals surface area contributed by atoms with Crippen LogP contribution in [0.2, 0.25) is 0 Å². The molecular weight excluding hydrogens is 318 g/mol. The SMILES string of the molecule is CC(C)c1ccc(C(=O)N2CCn3c(nnc3C(=O)N(C)C)C2)cc1. The number of benzene rings is 1. The maximum Gasteiger partial charge on any atom is 0.291 e. The van der Waals surface area contributed by atoms with Crippen molar-refractivity contribution >= 4 is 11.8 Å². The molecule has 1 aliphatic heterocycles. The van der Waals surface area contributed by atoms with E-state index in [1.807, 2.05) is 24.3 Å². The Labute approximate surface area is 147 Å². The maximum atomic E-state index is 12.7. The van der Waals surface area contributed by atoms with Crippen LogP contribution >= 0.6 is 0 Å². The van der Waals surface area contributed by atoms with Crippen LogP contribution in [0, 0.1) is 0 Å². The van der Waals surface area contributed by atoms with Crippen molar-refractivity contribution in [2.45, 2.75) is 32.9 Å². The van der Waals surface area contributed by atoms with Crippen molar-refractivity contribution in [1.82, 2.24) is 24.6 Å². The number of hydrogen-bond acceptors (Lipinski definition) is 4. The third-order valence-corrected chi connectivity index (χ3v) is 4.46. The molecule has 25 heavy (non-hydrogen) atoms. The summed E-state index contributed by atoms with van der Waals surface area (Å²) in [5, 5.41) is 8.10. The number of nitrogens with zero attached hydrogens (tertiary/aromatic N) is 5. The highest BCUT2D eigenvalue weighted by Gasteiger charge is 2.28. The van der Waals surface area contributed by atoms with Crippen LogP contribution in [-0.4, -0.2) is 57.0 Å². The van der Waals surface area contributed by atoms with E-state index in [0.29, 0.717) is 42.8 Å². The lowest BCUT2D eigenvalue weighted by atomic mass is 10.0. The molecule has 7 nitrogen and oxygen atoms in total. The zero-order chi connectivity index (χ0) is 18.1. The average Bonchev–Trinajstić information content (AvgIpc) is 3.03. The Morgan fingerprint density at radius 2 is 1.76 bits per heavy atom. The second kappa shape index (κ2) is 6.66. The number of carbonyl (C=O) groups is 2. The second-order valence-electron chi connectivity index (χ2n) is 6.79. The molecule has 1 aromatic carbocycles. The van der Waals surface area contributed by atoms with Gasteiger partial charge < -0.3 is 14.4 Å². The molecule has 0 radical (unpaired) electrons. The fourth-order valence-corrected chi connectivity index (χ4v) is 2.88. The molecule has 0 fully saturated rings. The summed E-state index contributed by atoms with van der Waals surface area (Å²) < 4.78 is 1.80. The number of amides is 2. The quantitative estimate of drug-likeness (QED) is 0.853. The first-order valence-electron chi connectivity index (χ1n) is 8.41. The Morgan fingerprint density at radius 3 is 2.36 bits per heavy atom. The van der Waals surface area contributed by atoms with E-state index < -0.39 is 0 Å². The Morgan fingerprint density at radius 1 is 1.08 bits per heavy atom. The predicted octanol–water partition coefficient (Wildman–Crippen LogP) is 1.76. The van der Waals surface area contributed by atoms with Crippen LogP contribution in [0.25, 0.3) is 0 Å². The average molecular weight is 341 g/mol. The molecule has 7 heteroatoms. The van der Waals surface area contributed by atoms with Gasteiger partial charge in [-0.15, -0.1) is 10.2 Å². The number of rotatable bonds is 3. The third kappa shape index (κ3) is 3.26. The van der Waals surface area contributed by atoms with Gasteiger partial charge in [0.1, 0.15) is 0 Å². The minimum atomic E-state index is -0.178. The molecule has 2 amide bonds. The van der Waals surface area contributed by atoms with Gasteiger partial charge in [-0.05, 0) is 23.6 Å². The molecule has 0 unspecified atom stereocenters. The smallest absolute Gasteiger partial charge is 0.291 e. The maximum absolute atomic E-state index is 12.7. The van der Waals surface area contributed by atoms with Crippen LogP contribution in [0.4, 0.5) is 0 Å². The monoisotopic (exact) mass is 341 g/mol. The second-order valence-corrected chi connectivity index (χ2v) is 6.79. The minimum Gasteiger partial charge on any atom is -0.342 e. The summed E-state index contributed by atoms with van der Waals surface area (Å²) in [5.41, 5.74) is 1.88. The molecule has 1 aliphatic rings. The molecule has 1 aromatic heterocycles. The first-order chi connectivity index (χ1) is 11.9. The van der Waals surface area contributed by atoms with Crippen molar-refractivity contribution in [1.29, 1.82) is 0 Å². The minimum absolute atomic E-state index is 0.0231. The largest absolute Gasteiger partial charge is 0.342 e. The number of carbonyl (C=O) groups excluding carboxylic acids is 2. The van der Waals surface area contributed by atoms with Gasteiger partial charge in [0.2, 0.25) is 5.82 Å². The molecule has 2 aromatic rings. The van der Waals surface area contributed by atoms with Gasteiger partial charge in [0.25, 0.3) is 11.8 Å². The van der Waals surface area contributed by atoms with E-state index in [-0.39, 0.29) is 11.8 Å². The highest BCUT2D eigenvalue weighted by atomic mass is 16.2. The van der Waals surface area contributed by atoms with Gasteiger partial charge in [-0.3, -0.25) is 9.59 Å². The van der Waals surface area contributed by atoms with Crippen molar-refractivity contribution < 1.29 is 9.59 Å². The van der Waals surface area contributed by atoms with Gasteiger partial charge in [0, 0.05) is 32.7 Å². The summed E-state index contributed by atoms with van der Waals surface area (Å²) in [6, 6.07) is 7.74. The van der Waals surface area contributed by atoms with Crippen molar-refractivity contribution in [2.75, 3.05) is 20.6 Å². The van der Waals surface area contributed by atoms with Crippen LogP contribution in [-0.2, 0) is 13.1 Å². The van der Waals surface area contributed by atoms with E-state index >= 15 is 0 Å². The number of fused-ring (bicyclic) bond motifs is 1. The Bertz CT molecular complexity index is 792. The number of aromatic nitrogens is 3. The van der Waals surface area contributed by atoms with E-state index in [4.69, 9.17) is 0 Å². The third-order valence-electron chi connectivity index (χ3n) is 4.46. The van der Waals surface area contributed by atoms with Gasteiger partial charge in [-0.1, -0.05) is 26.0 Å². The van der Waals surface area contributed by atoms with Gasteiger partial charge >= 0.3 is 0 Å². The molecule has 132 valence electrons. The molecule has 0 saturated heterocycles. The van der Waals surface area contributed by atoms with Crippen molar-refractivity contribution in [3.05, 3.63) is 47.0 Å². The van der Waals surface area contributed by atoms with Crippen LogP contribution in [0.1, 0.15) is 52.1 Å². The van der Waals surface area contributed by atoms with Crippen molar-refractivity contribution in [3.63, 3.8) is 0 Å². The molecule has 0 aliphatic carbocycles. The summed E-state index contributed by atoms with van der Waals surface area (Å²) in [5.74, 6) is 1.20. The van der Waals surface area contributed by atoms with E-state index in [2.05, 4.69) is 24.0 Å². The number of hydrogen-bond donors (Lipinski definition) is 0. The predicted molar refractivity (Wildman–Crippen MR) is 93.3 cm³/mol. The van der Waals surface area contributed by atoms with E-state index in [9.17, 15) is 9.59 Å². The van der Waals surface area contributed by atoms with Gasteiger partial charge in [-0.25, -0.2) is 0 Å². The molecule has 0 saturated carbocycles. The van der Waals surface area contributed by atoms with E-state index in [1.165, 1.54) is 10.5 Å². The Hall–Kier alpha value is -2.70. The van der Waals surface area contributed by atoms with E-state index in [0.717, 1.165) is 0 Å². The van der Waals surface area contributed by atoms with Crippen molar-refractivity contribution in [2.24, 2.45) is 0 Å². The highest BCUT2D eigenvalue weighted by molar-refractivity contribution is 5.94. The topological polar surface area (TPSA) is 71.3 Å². The lowest BCUT2D eigenvalue weighted by Gasteiger charge is -2.28. The molecule has 0 atom stereocenters. The first kappa shape index (κ1) is 17.1. The lowest BCUT2D eigenvalue weighted by molar-refractivity contribution is 0.0703. The summed E-state index contributed by atoms with van der Waals surface area (Å²) in [6.45, 7) is 5.66. The Kier molecular flexibility index (Phi) is 4.57. The first-order valence-corrected chi connectivity index (χ1v) is 8.41. The molecule has 0 spiro atoms. The highest BCUT2D eigenvalue weighted by Crippen LogP contribution is 2.19.